The predicted octanol–water partition coefficient (Wildman–Crippen LogP) is 4.91. The van der Waals surface area contributed by atoms with Gasteiger partial charge in [0.2, 0.25) is 0 Å². The average molecular weight is 496 g/mol. The molecule has 0 radical (unpaired) electrons. The first kappa shape index (κ1) is 25.2. The molecule has 0 fully saturated rings. The van der Waals surface area contributed by atoms with Gasteiger partial charge in [0.05, 0.1) is 0 Å². The van der Waals surface area contributed by atoms with Crippen LogP contribution in [-0.2, 0) is 0 Å². The fraction of sp³-hybridized carbons (Fsp3) is 0.294. The number of benzene rings is 4. The summed E-state index contributed by atoms with van der Waals surface area (Å²) in [6.07, 6.45) is 0. The van der Waals surface area contributed by atoms with Gasteiger partial charge in [0, 0.05) is 23.2 Å². The molecule has 2 heterocycles. The molecule has 0 amide bonds. The number of hydrogen-bond donors (Lipinski definition) is 0. The minimum Gasteiger partial charge on any atom is -0.321 e. The van der Waals surface area contributed by atoms with Gasteiger partial charge in [-0.1, -0.05) is 131 Å². The first-order chi connectivity index (χ1) is 18.2. The van der Waals surface area contributed by atoms with Gasteiger partial charge in [-0.25, -0.2) is 0 Å². The zero-order valence-corrected chi connectivity index (χ0v) is 23.6. The molecule has 4 aromatic carbocycles. The van der Waals surface area contributed by atoms with Gasteiger partial charge in [-0.3, -0.25) is 0 Å². The Morgan fingerprint density at radius 1 is 0.447 bits per heavy atom. The van der Waals surface area contributed by atoms with Crippen molar-refractivity contribution in [3.63, 3.8) is 0 Å². The van der Waals surface area contributed by atoms with E-state index >= 15 is 0 Å². The van der Waals surface area contributed by atoms with Crippen LogP contribution in [0, 0.1) is 0 Å². The summed E-state index contributed by atoms with van der Waals surface area (Å²) in [5.41, 5.74) is 8.43. The zero-order chi connectivity index (χ0) is 26.7. The van der Waals surface area contributed by atoms with E-state index in [4.69, 9.17) is 0 Å². The molecular weight excluding hydrogens is 458 g/mol. The summed E-state index contributed by atoms with van der Waals surface area (Å²) in [6.45, 7) is 14.7. The van der Waals surface area contributed by atoms with E-state index in [0.717, 1.165) is 0 Å². The minimum atomic E-state index is -0.0481. The van der Waals surface area contributed by atoms with Crippen molar-refractivity contribution in [2.45, 2.75) is 64.7 Å². The standard InChI is InChI=1S/C34H38B2N2/c1-33(2,3)37-31(27-21-13-15-23-29(27)35(37)25-17-9-7-10-18-25)32-28-22-14-16-24-30(28)36(38(32)34(4,5)6)26-19-11-8-12-20-26/h7-24,31-32H,1-6H3. The zero-order valence-electron chi connectivity index (χ0n) is 23.6. The summed E-state index contributed by atoms with van der Waals surface area (Å²) in [6, 6.07) is 41.0. The van der Waals surface area contributed by atoms with Crippen molar-refractivity contribution in [1.29, 1.82) is 0 Å². The minimum absolute atomic E-state index is 0.0481. The maximum atomic E-state index is 2.81. The summed E-state index contributed by atoms with van der Waals surface area (Å²) >= 11 is 0. The molecule has 6 rings (SSSR count). The number of fused-ring (bicyclic) bond motifs is 2. The van der Waals surface area contributed by atoms with E-state index in [1.807, 2.05) is 0 Å². The van der Waals surface area contributed by atoms with E-state index in [9.17, 15) is 0 Å². The summed E-state index contributed by atoms with van der Waals surface area (Å²) in [7, 11) is 0. The Hall–Kier alpha value is -3.07. The van der Waals surface area contributed by atoms with E-state index in [0.29, 0.717) is 0 Å². The van der Waals surface area contributed by atoms with Crippen molar-refractivity contribution in [1.82, 2.24) is 9.62 Å². The monoisotopic (exact) mass is 496 g/mol. The van der Waals surface area contributed by atoms with Crippen LogP contribution in [0.4, 0.5) is 0 Å². The highest BCUT2D eigenvalue weighted by atomic mass is 15.3. The lowest BCUT2D eigenvalue weighted by Gasteiger charge is -2.49. The topological polar surface area (TPSA) is 6.48 Å². The Kier molecular flexibility index (Phi) is 6.17. The summed E-state index contributed by atoms with van der Waals surface area (Å²) in [4.78, 5) is 5.61. The van der Waals surface area contributed by atoms with Gasteiger partial charge in [0.15, 0.2) is 0 Å². The Morgan fingerprint density at radius 3 is 1.11 bits per heavy atom. The molecule has 0 saturated heterocycles. The molecule has 0 spiro atoms. The molecule has 2 unspecified atom stereocenters. The molecule has 190 valence electrons. The second kappa shape index (κ2) is 9.29. The summed E-state index contributed by atoms with van der Waals surface area (Å²) < 4.78 is 0. The molecule has 0 aromatic heterocycles. The van der Waals surface area contributed by atoms with E-state index in [-0.39, 0.29) is 36.9 Å². The summed E-state index contributed by atoms with van der Waals surface area (Å²) in [5.74, 6) is 0. The van der Waals surface area contributed by atoms with E-state index in [2.05, 4.69) is 160 Å². The average Bonchev–Trinajstić information content (AvgIpc) is 3.43. The highest BCUT2D eigenvalue weighted by molar-refractivity contribution is 6.85. The van der Waals surface area contributed by atoms with Crippen molar-refractivity contribution in [3.05, 3.63) is 120 Å². The Bertz CT molecular complexity index is 1310. The van der Waals surface area contributed by atoms with Gasteiger partial charge in [-0.2, -0.15) is 0 Å². The normalized spacial score (nSPS) is 20.1. The van der Waals surface area contributed by atoms with Crippen molar-refractivity contribution in [3.8, 4) is 0 Å². The highest BCUT2D eigenvalue weighted by Gasteiger charge is 2.56. The SMILES string of the molecule is CC(C)(C)N1B(c2ccccc2)c2ccccc2C1C1c2ccccc2B(c2ccccc2)N1C(C)(C)C. The summed E-state index contributed by atoms with van der Waals surface area (Å²) in [5, 5.41) is 0. The maximum Gasteiger partial charge on any atom is 0.293 e. The molecule has 2 aliphatic heterocycles. The number of rotatable bonds is 3. The van der Waals surface area contributed by atoms with Crippen LogP contribution >= 0.6 is 0 Å². The number of hydrogen-bond acceptors (Lipinski definition) is 2. The lowest BCUT2D eigenvalue weighted by Crippen LogP contribution is -2.62. The van der Waals surface area contributed by atoms with Crippen LogP contribution in [0.2, 0.25) is 0 Å². The fourth-order valence-corrected chi connectivity index (χ4v) is 7.18. The van der Waals surface area contributed by atoms with Crippen LogP contribution in [0.3, 0.4) is 0 Å². The third-order valence-electron chi connectivity index (χ3n) is 8.45. The van der Waals surface area contributed by atoms with Crippen molar-refractivity contribution in [2.24, 2.45) is 0 Å². The molecule has 0 aliphatic carbocycles. The van der Waals surface area contributed by atoms with Gasteiger partial charge in [0.1, 0.15) is 0 Å². The molecule has 4 aromatic rings. The predicted molar refractivity (Wildman–Crippen MR) is 164 cm³/mol. The van der Waals surface area contributed by atoms with Crippen molar-refractivity contribution < 1.29 is 0 Å². The van der Waals surface area contributed by atoms with Crippen molar-refractivity contribution in [2.75, 3.05) is 0 Å². The van der Waals surface area contributed by atoms with Crippen molar-refractivity contribution >= 4 is 35.5 Å². The van der Waals surface area contributed by atoms with Gasteiger partial charge in [-0.05, 0) is 52.7 Å². The molecule has 0 N–H and O–H groups in total. The molecule has 2 atom stereocenters. The molecule has 4 heteroatoms. The Labute approximate surface area is 229 Å². The lowest BCUT2D eigenvalue weighted by molar-refractivity contribution is 0.0911. The third kappa shape index (κ3) is 4.06. The molecule has 38 heavy (non-hydrogen) atoms. The van der Waals surface area contributed by atoms with Crippen LogP contribution < -0.4 is 21.9 Å². The van der Waals surface area contributed by atoms with E-state index < -0.39 is 0 Å². The molecular formula is C34H38B2N2. The fourth-order valence-electron chi connectivity index (χ4n) is 7.18. The molecule has 2 aliphatic rings. The highest BCUT2D eigenvalue weighted by Crippen LogP contribution is 2.49. The van der Waals surface area contributed by atoms with Crippen LogP contribution in [0.25, 0.3) is 0 Å². The van der Waals surface area contributed by atoms with E-state index in [1.54, 1.807) is 0 Å². The first-order valence-electron chi connectivity index (χ1n) is 14.0. The Morgan fingerprint density at radius 2 is 0.763 bits per heavy atom. The third-order valence-corrected chi connectivity index (χ3v) is 8.45. The number of nitrogens with zero attached hydrogens (tertiary/aromatic N) is 2. The van der Waals surface area contributed by atoms with E-state index in [1.165, 1.54) is 33.0 Å². The first-order valence-corrected chi connectivity index (χ1v) is 14.0. The quantitative estimate of drug-likeness (QED) is 0.372. The van der Waals surface area contributed by atoms with Crippen LogP contribution in [0.1, 0.15) is 64.8 Å². The lowest BCUT2D eigenvalue weighted by atomic mass is 9.49. The molecule has 0 bridgehead atoms. The van der Waals surface area contributed by atoms with Gasteiger partial charge in [0.25, 0.3) is 13.7 Å². The smallest absolute Gasteiger partial charge is 0.293 e. The largest absolute Gasteiger partial charge is 0.321 e. The molecule has 0 saturated carbocycles. The maximum absolute atomic E-state index is 2.81. The van der Waals surface area contributed by atoms with Gasteiger partial charge in [-0.15, -0.1) is 0 Å². The van der Waals surface area contributed by atoms with Gasteiger partial charge < -0.3 is 9.62 Å². The second-order valence-corrected chi connectivity index (χ2v) is 12.9. The van der Waals surface area contributed by atoms with Gasteiger partial charge >= 0.3 is 0 Å². The Balaban J connectivity index is 1.62. The van der Waals surface area contributed by atoms with Crippen LogP contribution in [-0.4, -0.2) is 34.4 Å². The second-order valence-electron chi connectivity index (χ2n) is 12.9. The van der Waals surface area contributed by atoms with Crippen LogP contribution in [0.5, 0.6) is 0 Å². The molecule has 2 nitrogen and oxygen atoms in total. The van der Waals surface area contributed by atoms with Crippen LogP contribution in [0.15, 0.2) is 109 Å².